The summed E-state index contributed by atoms with van der Waals surface area (Å²) in [5.74, 6) is -1.26. The highest BCUT2D eigenvalue weighted by molar-refractivity contribution is 5.91. The Kier molecular flexibility index (Phi) is 5.95. The molecule has 2 N–H and O–H groups in total. The van der Waals surface area contributed by atoms with Crippen LogP contribution < -0.4 is 5.32 Å². The van der Waals surface area contributed by atoms with Crippen LogP contribution in [0, 0.1) is 5.92 Å². The van der Waals surface area contributed by atoms with Crippen LogP contribution in [0.2, 0.25) is 0 Å². The van der Waals surface area contributed by atoms with Gasteiger partial charge >= 0.3 is 5.97 Å². The Hall–Kier alpha value is -1.88. The highest BCUT2D eigenvalue weighted by atomic mass is 16.5. The lowest BCUT2D eigenvalue weighted by molar-refractivity contribution is -0.141. The molecular formula is C17H23NO4. The van der Waals surface area contributed by atoms with Crippen molar-refractivity contribution in [2.24, 2.45) is 5.92 Å². The number of carboxylic acids is 1. The number of aliphatic carboxylic acids is 1. The zero-order valence-electron chi connectivity index (χ0n) is 12.9. The minimum atomic E-state index is -0.801. The third kappa shape index (κ3) is 5.15. The normalized spacial score (nSPS) is 19.4. The number of carbonyl (C=O) groups excluding carboxylic acids is 1. The van der Waals surface area contributed by atoms with Crippen molar-refractivity contribution in [2.45, 2.75) is 45.1 Å². The summed E-state index contributed by atoms with van der Waals surface area (Å²) in [4.78, 5) is 22.8. The molecule has 0 bridgehead atoms. The SMILES string of the molecule is C[C@H](Cc1ccc(NC(=O)C[C@H]2CCCCO2)cc1)C(=O)O. The van der Waals surface area contributed by atoms with Gasteiger partial charge in [0.05, 0.1) is 18.4 Å². The molecule has 1 fully saturated rings. The summed E-state index contributed by atoms with van der Waals surface area (Å²) >= 11 is 0. The molecule has 0 radical (unpaired) electrons. The van der Waals surface area contributed by atoms with Gasteiger partial charge in [-0.2, -0.15) is 0 Å². The third-order valence-corrected chi connectivity index (χ3v) is 3.89. The molecule has 1 heterocycles. The van der Waals surface area contributed by atoms with E-state index in [1.807, 2.05) is 24.3 Å². The van der Waals surface area contributed by atoms with Crippen molar-refractivity contribution in [1.29, 1.82) is 0 Å². The van der Waals surface area contributed by atoms with Gasteiger partial charge in [0.15, 0.2) is 0 Å². The maximum absolute atomic E-state index is 12.0. The number of carbonyl (C=O) groups is 2. The van der Waals surface area contributed by atoms with Gasteiger partial charge in [0.25, 0.3) is 0 Å². The molecule has 0 saturated carbocycles. The van der Waals surface area contributed by atoms with Gasteiger partial charge in [-0.25, -0.2) is 0 Å². The van der Waals surface area contributed by atoms with Crippen molar-refractivity contribution in [2.75, 3.05) is 11.9 Å². The number of amides is 1. The average Bonchev–Trinajstić information content (AvgIpc) is 2.50. The maximum atomic E-state index is 12.0. The topological polar surface area (TPSA) is 75.6 Å². The van der Waals surface area contributed by atoms with Gasteiger partial charge in [0.1, 0.15) is 0 Å². The molecule has 1 amide bonds. The fraction of sp³-hybridized carbons (Fsp3) is 0.529. The molecule has 5 nitrogen and oxygen atoms in total. The lowest BCUT2D eigenvalue weighted by Crippen LogP contribution is -2.25. The van der Waals surface area contributed by atoms with E-state index in [4.69, 9.17) is 9.84 Å². The summed E-state index contributed by atoms with van der Waals surface area (Å²) in [6, 6.07) is 7.32. The summed E-state index contributed by atoms with van der Waals surface area (Å²) in [6.07, 6.45) is 4.05. The fourth-order valence-electron chi connectivity index (χ4n) is 2.55. The molecule has 120 valence electrons. The van der Waals surface area contributed by atoms with Gasteiger partial charge in [-0.3, -0.25) is 9.59 Å². The molecule has 22 heavy (non-hydrogen) atoms. The predicted octanol–water partition coefficient (Wildman–Crippen LogP) is 2.85. The van der Waals surface area contributed by atoms with Crippen molar-refractivity contribution < 1.29 is 19.4 Å². The van der Waals surface area contributed by atoms with E-state index in [9.17, 15) is 9.59 Å². The Morgan fingerprint density at radius 2 is 2.05 bits per heavy atom. The van der Waals surface area contributed by atoms with Gasteiger partial charge in [-0.05, 0) is 43.4 Å². The number of rotatable bonds is 6. The van der Waals surface area contributed by atoms with E-state index in [1.54, 1.807) is 6.92 Å². The Balaban J connectivity index is 1.82. The van der Waals surface area contributed by atoms with Crippen LogP contribution in [-0.2, 0) is 20.7 Å². The summed E-state index contributed by atoms with van der Waals surface area (Å²) in [7, 11) is 0. The molecule has 0 spiro atoms. The molecule has 2 atom stereocenters. The van der Waals surface area contributed by atoms with Crippen LogP contribution in [-0.4, -0.2) is 29.7 Å². The number of nitrogens with one attached hydrogen (secondary N) is 1. The van der Waals surface area contributed by atoms with Crippen molar-refractivity contribution in [1.82, 2.24) is 0 Å². The lowest BCUT2D eigenvalue weighted by Gasteiger charge is -2.21. The molecule has 1 aliphatic heterocycles. The number of hydrogen-bond donors (Lipinski definition) is 2. The largest absolute Gasteiger partial charge is 0.481 e. The number of carboxylic acid groups (broad SMARTS) is 1. The van der Waals surface area contributed by atoms with Crippen LogP contribution in [0.3, 0.4) is 0 Å². The number of ether oxygens (including phenoxy) is 1. The van der Waals surface area contributed by atoms with Crippen molar-refractivity contribution in [3.05, 3.63) is 29.8 Å². The van der Waals surface area contributed by atoms with E-state index in [0.717, 1.165) is 37.1 Å². The molecule has 0 aromatic heterocycles. The molecule has 1 aromatic carbocycles. The molecule has 2 rings (SSSR count). The van der Waals surface area contributed by atoms with E-state index in [1.165, 1.54) is 0 Å². The van der Waals surface area contributed by atoms with Gasteiger partial charge < -0.3 is 15.2 Å². The van der Waals surface area contributed by atoms with Crippen LogP contribution >= 0.6 is 0 Å². The summed E-state index contributed by atoms with van der Waals surface area (Å²) in [6.45, 7) is 2.43. The highest BCUT2D eigenvalue weighted by Crippen LogP contribution is 2.17. The second-order valence-electron chi connectivity index (χ2n) is 5.88. The zero-order valence-corrected chi connectivity index (χ0v) is 12.9. The van der Waals surface area contributed by atoms with Crippen LogP contribution in [0.4, 0.5) is 5.69 Å². The minimum absolute atomic E-state index is 0.0319. The first-order chi connectivity index (χ1) is 10.5. The van der Waals surface area contributed by atoms with E-state index in [0.29, 0.717) is 12.8 Å². The number of benzene rings is 1. The standard InChI is InChI=1S/C17H23NO4/c1-12(17(20)21)10-13-5-7-14(8-6-13)18-16(19)11-15-4-2-3-9-22-15/h5-8,12,15H,2-4,9-11H2,1H3,(H,18,19)(H,20,21)/t12-,15-/m1/s1. The van der Waals surface area contributed by atoms with Gasteiger partial charge in [-0.1, -0.05) is 19.1 Å². The summed E-state index contributed by atoms with van der Waals surface area (Å²) in [5.41, 5.74) is 1.68. The number of hydrogen-bond acceptors (Lipinski definition) is 3. The van der Waals surface area contributed by atoms with Crippen molar-refractivity contribution >= 4 is 17.6 Å². The van der Waals surface area contributed by atoms with Crippen molar-refractivity contribution in [3.63, 3.8) is 0 Å². The zero-order chi connectivity index (χ0) is 15.9. The summed E-state index contributed by atoms with van der Waals surface area (Å²) < 4.78 is 5.56. The minimum Gasteiger partial charge on any atom is -0.481 e. The molecule has 0 aliphatic carbocycles. The molecule has 1 aliphatic rings. The van der Waals surface area contributed by atoms with E-state index in [2.05, 4.69) is 5.32 Å². The van der Waals surface area contributed by atoms with E-state index >= 15 is 0 Å². The van der Waals surface area contributed by atoms with Crippen LogP contribution in [0.5, 0.6) is 0 Å². The maximum Gasteiger partial charge on any atom is 0.306 e. The van der Waals surface area contributed by atoms with E-state index < -0.39 is 11.9 Å². The number of anilines is 1. The first kappa shape index (κ1) is 16.5. The second kappa shape index (κ2) is 7.94. The average molecular weight is 305 g/mol. The van der Waals surface area contributed by atoms with Crippen LogP contribution in [0.1, 0.15) is 38.2 Å². The lowest BCUT2D eigenvalue weighted by atomic mass is 10.0. The molecule has 5 heteroatoms. The Morgan fingerprint density at radius 1 is 1.32 bits per heavy atom. The Morgan fingerprint density at radius 3 is 2.64 bits per heavy atom. The van der Waals surface area contributed by atoms with E-state index in [-0.39, 0.29) is 12.0 Å². The van der Waals surface area contributed by atoms with Crippen molar-refractivity contribution in [3.8, 4) is 0 Å². The van der Waals surface area contributed by atoms with Crippen LogP contribution in [0.15, 0.2) is 24.3 Å². The third-order valence-electron chi connectivity index (χ3n) is 3.89. The molecule has 0 unspecified atom stereocenters. The molecule has 1 saturated heterocycles. The first-order valence-corrected chi connectivity index (χ1v) is 7.78. The Bertz CT molecular complexity index is 506. The summed E-state index contributed by atoms with van der Waals surface area (Å²) in [5, 5.41) is 11.8. The Labute approximate surface area is 130 Å². The second-order valence-corrected chi connectivity index (χ2v) is 5.88. The fourth-order valence-corrected chi connectivity index (χ4v) is 2.55. The van der Waals surface area contributed by atoms with Crippen LogP contribution in [0.25, 0.3) is 0 Å². The predicted molar refractivity (Wildman–Crippen MR) is 83.8 cm³/mol. The van der Waals surface area contributed by atoms with Gasteiger partial charge in [0, 0.05) is 12.3 Å². The smallest absolute Gasteiger partial charge is 0.306 e. The highest BCUT2D eigenvalue weighted by Gasteiger charge is 2.17. The molecule has 1 aromatic rings. The van der Waals surface area contributed by atoms with Gasteiger partial charge in [0.2, 0.25) is 5.91 Å². The van der Waals surface area contributed by atoms with Gasteiger partial charge in [-0.15, -0.1) is 0 Å². The monoisotopic (exact) mass is 305 g/mol. The first-order valence-electron chi connectivity index (χ1n) is 7.78. The molecular weight excluding hydrogens is 282 g/mol. The quantitative estimate of drug-likeness (QED) is 0.847.